The number of carbonyl (C=O) groups excluding carboxylic acids is 3. The molecule has 0 amide bonds. The van der Waals surface area contributed by atoms with Crippen LogP contribution in [-0.4, -0.2) is 66.5 Å². The molecule has 0 fully saturated rings. The van der Waals surface area contributed by atoms with Crippen LogP contribution in [0.25, 0.3) is 0 Å². The second-order valence-electron chi connectivity index (χ2n) is 18.3. The Kier molecular flexibility index (Phi) is 52.1. The first-order valence-electron chi connectivity index (χ1n) is 28.4. The fourth-order valence-corrected chi connectivity index (χ4v) is 7.92. The molecule has 3 atom stereocenters. The number of ether oxygens (including phenoxy) is 3. The van der Waals surface area contributed by atoms with E-state index in [1.807, 2.05) is 12.2 Å². The lowest BCUT2D eigenvalue weighted by atomic mass is 10.1. The molecule has 0 aliphatic heterocycles. The van der Waals surface area contributed by atoms with E-state index in [9.17, 15) is 28.9 Å². The van der Waals surface area contributed by atoms with E-state index in [1.54, 1.807) is 0 Å². The average molecular weight is 1050 g/mol. The van der Waals surface area contributed by atoms with E-state index in [4.69, 9.17) is 23.3 Å². The number of allylic oxidation sites excluding steroid dienone is 20. The van der Waals surface area contributed by atoms with Gasteiger partial charge in [-0.25, -0.2) is 4.57 Å². The topological polar surface area (TPSA) is 155 Å². The zero-order chi connectivity index (χ0) is 54.1. The summed E-state index contributed by atoms with van der Waals surface area (Å²) in [6.45, 7) is 4.28. The van der Waals surface area contributed by atoms with Crippen molar-refractivity contribution in [1.82, 2.24) is 0 Å². The summed E-state index contributed by atoms with van der Waals surface area (Å²) in [7, 11) is -4.77. The first-order valence-corrected chi connectivity index (χ1v) is 29.9. The molecule has 0 aromatic heterocycles. The van der Waals surface area contributed by atoms with Crippen molar-refractivity contribution in [2.75, 3.05) is 26.4 Å². The minimum Gasteiger partial charge on any atom is -0.462 e. The molecule has 0 radical (unpaired) electrons. The van der Waals surface area contributed by atoms with Gasteiger partial charge in [0.1, 0.15) is 12.7 Å². The van der Waals surface area contributed by atoms with E-state index < -0.39 is 57.8 Å². The first-order chi connectivity index (χ1) is 36.2. The quantitative estimate of drug-likeness (QED) is 0.0197. The molecular weight excluding hydrogens is 952 g/mol. The number of aliphatic hydroxyl groups is 1. The molecule has 0 heterocycles. The van der Waals surface area contributed by atoms with E-state index in [-0.39, 0.29) is 25.9 Å². The molecule has 0 saturated heterocycles. The highest BCUT2D eigenvalue weighted by atomic mass is 31.2. The van der Waals surface area contributed by atoms with Crippen LogP contribution in [0, 0.1) is 0 Å². The van der Waals surface area contributed by atoms with Gasteiger partial charge in [0.15, 0.2) is 6.10 Å². The minimum atomic E-state index is -4.77. The standard InChI is InChI=1S/C62H101O11P/c1-4-7-10-13-16-19-22-24-26-28-29-31-32-34-37-39-42-45-48-51-60(64)69-55-59(73-62(66)53-50-47-44-41-38-35-33-30-27-25-23-20-17-14-11-8-5-2)57-71-74(67,68)70-56-58(54-63)72-61(65)52-49-46-43-40-36-21-18-15-12-9-6-3/h7-8,10-11,16-17,19-20,24-27,29,31,33-35,37,42,45,58-59,63H,4-6,9,12-15,18,21-23,28,30,32,36,38-41,43-44,46-57H2,1-3H3,(H,67,68)/b10-7-,11-8-,19-16-,20-17-,26-24-,27-25-,31-29-,35-33-,37-34-,45-42-. The van der Waals surface area contributed by atoms with Gasteiger partial charge in [-0.2, -0.15) is 0 Å². The summed E-state index contributed by atoms with van der Waals surface area (Å²) in [5.74, 6) is -1.61. The Balaban J connectivity index is 4.90. The van der Waals surface area contributed by atoms with Crippen LogP contribution < -0.4 is 0 Å². The summed E-state index contributed by atoms with van der Waals surface area (Å²) in [5, 5.41) is 9.79. The van der Waals surface area contributed by atoms with Crippen molar-refractivity contribution in [3.63, 3.8) is 0 Å². The Labute approximate surface area is 449 Å². The van der Waals surface area contributed by atoms with Gasteiger partial charge < -0.3 is 24.2 Å². The number of hydrogen-bond donors (Lipinski definition) is 2. The van der Waals surface area contributed by atoms with Crippen molar-refractivity contribution in [2.24, 2.45) is 0 Å². The molecule has 0 rings (SSSR count). The summed E-state index contributed by atoms with van der Waals surface area (Å²) >= 11 is 0. The molecule has 420 valence electrons. The lowest BCUT2D eigenvalue weighted by Crippen LogP contribution is -2.30. The Hall–Kier alpha value is -4.12. The summed E-state index contributed by atoms with van der Waals surface area (Å²) < 4.78 is 39.4. The third-order valence-electron chi connectivity index (χ3n) is 11.4. The van der Waals surface area contributed by atoms with Crippen molar-refractivity contribution in [2.45, 2.75) is 226 Å². The fraction of sp³-hybridized carbons (Fsp3) is 0.629. The van der Waals surface area contributed by atoms with Gasteiger partial charge in [0, 0.05) is 19.3 Å². The van der Waals surface area contributed by atoms with Crippen LogP contribution >= 0.6 is 7.82 Å². The number of carbonyl (C=O) groups is 3. The van der Waals surface area contributed by atoms with E-state index in [2.05, 4.69) is 130 Å². The fourth-order valence-electron chi connectivity index (χ4n) is 7.14. The van der Waals surface area contributed by atoms with Crippen LogP contribution in [0.15, 0.2) is 122 Å². The van der Waals surface area contributed by atoms with Crippen LogP contribution in [0.1, 0.15) is 213 Å². The Morgan fingerprint density at radius 3 is 1.14 bits per heavy atom. The number of phosphoric ester groups is 1. The van der Waals surface area contributed by atoms with Crippen LogP contribution in [0.5, 0.6) is 0 Å². The lowest BCUT2D eigenvalue weighted by Gasteiger charge is -2.21. The maximum Gasteiger partial charge on any atom is 0.472 e. The normalized spacial score (nSPS) is 14.3. The second kappa shape index (κ2) is 55.1. The number of aliphatic hydroxyl groups excluding tert-OH is 1. The van der Waals surface area contributed by atoms with E-state index in [0.29, 0.717) is 19.3 Å². The van der Waals surface area contributed by atoms with Gasteiger partial charge in [-0.15, -0.1) is 0 Å². The van der Waals surface area contributed by atoms with Gasteiger partial charge in [0.05, 0.1) is 19.8 Å². The largest absolute Gasteiger partial charge is 0.472 e. The molecule has 2 N–H and O–H groups in total. The first kappa shape index (κ1) is 69.9. The molecule has 0 aromatic carbocycles. The number of phosphoric acid groups is 1. The number of rotatable bonds is 51. The van der Waals surface area contributed by atoms with Gasteiger partial charge in [-0.1, -0.05) is 219 Å². The van der Waals surface area contributed by atoms with E-state index in [1.165, 1.54) is 44.9 Å². The highest BCUT2D eigenvalue weighted by Gasteiger charge is 2.28. The molecule has 0 aromatic rings. The molecule has 3 unspecified atom stereocenters. The third kappa shape index (κ3) is 52.7. The molecule has 0 spiro atoms. The van der Waals surface area contributed by atoms with Crippen molar-refractivity contribution in [1.29, 1.82) is 0 Å². The zero-order valence-corrected chi connectivity index (χ0v) is 47.2. The maximum atomic E-state index is 12.9. The number of esters is 3. The van der Waals surface area contributed by atoms with Gasteiger partial charge in [-0.3, -0.25) is 23.4 Å². The number of unbranched alkanes of at least 4 members (excludes halogenated alkanes) is 14. The van der Waals surface area contributed by atoms with Crippen LogP contribution in [0.4, 0.5) is 0 Å². The predicted octanol–water partition coefficient (Wildman–Crippen LogP) is 16.8. The Morgan fingerprint density at radius 1 is 0.392 bits per heavy atom. The van der Waals surface area contributed by atoms with Crippen LogP contribution in [-0.2, 0) is 42.2 Å². The predicted molar refractivity (Wildman–Crippen MR) is 306 cm³/mol. The smallest absolute Gasteiger partial charge is 0.462 e. The lowest BCUT2D eigenvalue weighted by molar-refractivity contribution is -0.161. The molecular formula is C62H101O11P. The highest BCUT2D eigenvalue weighted by Crippen LogP contribution is 2.43. The van der Waals surface area contributed by atoms with E-state index in [0.717, 1.165) is 109 Å². The molecule has 0 aliphatic carbocycles. The minimum absolute atomic E-state index is 0.0900. The maximum absolute atomic E-state index is 12.9. The SMILES string of the molecule is CC/C=C\C/C=C\C/C=C\C/C=C\C/C=C\C/C=C\CCC(=O)OCC(COP(=O)(O)OCC(CO)OC(=O)CCCCCCCCCCCCC)OC(=O)CCCCCC/C=C\C/C=C\C/C=C\C/C=C\CC. The third-order valence-corrected chi connectivity index (χ3v) is 12.3. The summed E-state index contributed by atoms with van der Waals surface area (Å²) in [4.78, 5) is 48.5. The zero-order valence-electron chi connectivity index (χ0n) is 46.3. The van der Waals surface area contributed by atoms with Crippen LogP contribution in [0.2, 0.25) is 0 Å². The van der Waals surface area contributed by atoms with Gasteiger partial charge in [0.2, 0.25) is 0 Å². The van der Waals surface area contributed by atoms with Gasteiger partial charge in [0.25, 0.3) is 0 Å². The Bertz CT molecular complexity index is 1700. The van der Waals surface area contributed by atoms with Gasteiger partial charge >= 0.3 is 25.7 Å². The molecule has 74 heavy (non-hydrogen) atoms. The Morgan fingerprint density at radius 2 is 0.730 bits per heavy atom. The average Bonchev–Trinajstić information content (AvgIpc) is 3.39. The van der Waals surface area contributed by atoms with E-state index >= 15 is 0 Å². The van der Waals surface area contributed by atoms with Gasteiger partial charge in [-0.05, 0) is 96.3 Å². The summed E-state index contributed by atoms with van der Waals surface area (Å²) in [6, 6.07) is 0. The highest BCUT2D eigenvalue weighted by molar-refractivity contribution is 7.47. The monoisotopic (exact) mass is 1050 g/mol. The van der Waals surface area contributed by atoms with Crippen LogP contribution in [0.3, 0.4) is 0 Å². The van der Waals surface area contributed by atoms with Crippen molar-refractivity contribution < 1.29 is 52.2 Å². The number of hydrogen-bond acceptors (Lipinski definition) is 10. The van der Waals surface area contributed by atoms with Crippen molar-refractivity contribution in [3.05, 3.63) is 122 Å². The molecule has 0 bridgehead atoms. The molecule has 11 nitrogen and oxygen atoms in total. The molecule has 0 saturated carbocycles. The summed E-state index contributed by atoms with van der Waals surface area (Å²) in [5.41, 5.74) is 0. The second-order valence-corrected chi connectivity index (χ2v) is 19.8. The molecule has 0 aliphatic rings. The summed E-state index contributed by atoms with van der Waals surface area (Å²) in [6.07, 6.45) is 67.5. The molecule has 12 heteroatoms. The van der Waals surface area contributed by atoms with Crippen molar-refractivity contribution >= 4 is 25.7 Å². The van der Waals surface area contributed by atoms with Crippen molar-refractivity contribution in [3.8, 4) is 0 Å².